The molecule has 1 saturated heterocycles. The summed E-state index contributed by atoms with van der Waals surface area (Å²) < 4.78 is 6.53. The van der Waals surface area contributed by atoms with Crippen LogP contribution in [0.1, 0.15) is 18.2 Å². The van der Waals surface area contributed by atoms with Crippen LogP contribution in [-0.2, 0) is 9.53 Å². The summed E-state index contributed by atoms with van der Waals surface area (Å²) in [5.74, 6) is -0.304. The van der Waals surface area contributed by atoms with Gasteiger partial charge in [-0.2, -0.15) is 4.98 Å². The van der Waals surface area contributed by atoms with Crippen molar-refractivity contribution in [2.24, 2.45) is 0 Å². The van der Waals surface area contributed by atoms with Crippen LogP contribution < -0.4 is 27.4 Å². The number of fused-ring (bicyclic) bond motifs is 1. The van der Waals surface area contributed by atoms with Gasteiger partial charge < -0.3 is 30.6 Å². The molecular weight excluding hydrogens is 452 g/mol. The number of aliphatic hydroxyl groups is 2. The quantitative estimate of drug-likeness (QED) is 0.133. The van der Waals surface area contributed by atoms with Crippen molar-refractivity contribution >= 4 is 29.1 Å². The summed E-state index contributed by atoms with van der Waals surface area (Å²) in [5.41, 5.74) is -1.29. The summed E-state index contributed by atoms with van der Waals surface area (Å²) in [5, 5.41) is 24.5. The Morgan fingerprint density at radius 1 is 1.26 bits per heavy atom. The van der Waals surface area contributed by atoms with E-state index in [-0.39, 0.29) is 47.7 Å². The van der Waals surface area contributed by atoms with Crippen LogP contribution in [0.25, 0.3) is 17.2 Å². The molecule has 3 aromatic heterocycles. The van der Waals surface area contributed by atoms with Gasteiger partial charge in [0.25, 0.3) is 11.1 Å². The number of nitrogens with zero attached hydrogens (tertiary/aromatic N) is 3. The predicted octanol–water partition coefficient (Wildman–Crippen LogP) is -2.62. The Morgan fingerprint density at radius 2 is 2.09 bits per heavy atom. The number of rotatable bonds is 8. The second-order valence-corrected chi connectivity index (χ2v) is 7.43. The second-order valence-electron chi connectivity index (χ2n) is 7.43. The van der Waals surface area contributed by atoms with E-state index in [9.17, 15) is 29.4 Å². The normalized spacial score (nSPS) is 20.2. The van der Waals surface area contributed by atoms with Gasteiger partial charge in [-0.1, -0.05) is 0 Å². The third-order valence-corrected chi connectivity index (χ3v) is 5.12. The lowest BCUT2D eigenvalue weighted by atomic mass is 10.2. The largest absolute Gasteiger partial charge is 0.394 e. The summed E-state index contributed by atoms with van der Waals surface area (Å²) in [6.07, 6.45) is 2.32. The molecule has 15 heteroatoms. The maximum absolute atomic E-state index is 12.1. The zero-order valence-electron chi connectivity index (χ0n) is 17.6. The van der Waals surface area contributed by atoms with E-state index in [0.717, 1.165) is 10.6 Å². The minimum Gasteiger partial charge on any atom is -0.394 e. The van der Waals surface area contributed by atoms with Crippen molar-refractivity contribution in [2.75, 3.05) is 25.0 Å². The van der Waals surface area contributed by atoms with Gasteiger partial charge in [-0.3, -0.25) is 28.9 Å². The molecule has 15 nitrogen and oxygen atoms in total. The number of hydrogen-bond donors (Lipinski definition) is 7. The Hall–Kier alpha value is -4.08. The van der Waals surface area contributed by atoms with E-state index in [2.05, 4.69) is 35.6 Å². The summed E-state index contributed by atoms with van der Waals surface area (Å²) in [6.45, 7) is 0.0102. The molecule has 0 saturated carbocycles. The van der Waals surface area contributed by atoms with Gasteiger partial charge in [0.15, 0.2) is 11.2 Å². The van der Waals surface area contributed by atoms with Crippen LogP contribution in [0.3, 0.4) is 0 Å². The molecule has 1 aliphatic rings. The van der Waals surface area contributed by atoms with Crippen molar-refractivity contribution in [1.29, 1.82) is 0 Å². The number of aromatic nitrogens is 6. The first-order chi connectivity index (χ1) is 16.4. The molecule has 34 heavy (non-hydrogen) atoms. The highest BCUT2D eigenvalue weighted by Crippen LogP contribution is 2.27. The average molecular weight is 474 g/mol. The fraction of sp³-hybridized carbons (Fsp3) is 0.368. The summed E-state index contributed by atoms with van der Waals surface area (Å²) in [7, 11) is 0. The number of hydrogen-bond acceptors (Lipinski definition) is 10. The standard InChI is InChI=1S/C19H22N8O7/c28-7-11-10(29)5-13(34-11)27-6-9(16(31)26-19(27)33)1-2-12(30)20-3-4-21-18-24-15-14(17(32)25-18)22-8-23-15/h1-2,6,8,10-11,13,28-29H,3-5,7H2,(H,20,30)(H,26,31,33)(H3,21,22,23,24,25,32)/b2-1+/t10?,11-,13-/m1/s1. The number of ether oxygens (including phenoxy) is 1. The van der Waals surface area contributed by atoms with E-state index < -0.39 is 42.2 Å². The molecule has 4 rings (SSSR count). The highest BCUT2D eigenvalue weighted by atomic mass is 16.5. The van der Waals surface area contributed by atoms with Crippen molar-refractivity contribution in [3.05, 3.63) is 55.4 Å². The number of nitrogens with one attached hydrogen (secondary N) is 5. The number of imidazole rings is 1. The number of anilines is 1. The van der Waals surface area contributed by atoms with E-state index in [1.807, 2.05) is 0 Å². The molecule has 3 aromatic rings. The van der Waals surface area contributed by atoms with Crippen LogP contribution >= 0.6 is 0 Å². The molecule has 0 spiro atoms. The van der Waals surface area contributed by atoms with E-state index >= 15 is 0 Å². The van der Waals surface area contributed by atoms with Crippen LogP contribution in [0.5, 0.6) is 0 Å². The number of carbonyl (C=O) groups excluding carboxylic acids is 1. The number of H-pyrrole nitrogens is 3. The Morgan fingerprint density at radius 3 is 2.85 bits per heavy atom. The number of carbonyl (C=O) groups is 1. The highest BCUT2D eigenvalue weighted by molar-refractivity contribution is 5.91. The molecule has 7 N–H and O–H groups in total. The van der Waals surface area contributed by atoms with Crippen molar-refractivity contribution in [2.45, 2.75) is 24.9 Å². The molecule has 1 unspecified atom stereocenters. The Labute approximate surface area is 189 Å². The molecule has 0 aromatic carbocycles. The maximum atomic E-state index is 12.1. The van der Waals surface area contributed by atoms with Gasteiger partial charge >= 0.3 is 5.69 Å². The number of aliphatic hydroxyl groups excluding tert-OH is 2. The smallest absolute Gasteiger partial charge is 0.330 e. The fourth-order valence-electron chi connectivity index (χ4n) is 3.40. The Balaban J connectivity index is 1.33. The summed E-state index contributed by atoms with van der Waals surface area (Å²) in [6, 6.07) is 0. The predicted molar refractivity (Wildman–Crippen MR) is 118 cm³/mol. The van der Waals surface area contributed by atoms with Gasteiger partial charge in [0.05, 0.1) is 24.6 Å². The fourth-order valence-corrected chi connectivity index (χ4v) is 3.40. The van der Waals surface area contributed by atoms with E-state index in [4.69, 9.17) is 4.74 Å². The Bertz CT molecular complexity index is 1390. The second kappa shape index (κ2) is 9.82. The summed E-state index contributed by atoms with van der Waals surface area (Å²) in [4.78, 5) is 63.5. The highest BCUT2D eigenvalue weighted by Gasteiger charge is 2.35. The molecule has 0 aliphatic carbocycles. The summed E-state index contributed by atoms with van der Waals surface area (Å²) >= 11 is 0. The third kappa shape index (κ3) is 4.95. The SMILES string of the molecule is O=C(/C=C/c1cn([C@H]2CC(O)[C@@H](CO)O2)c(=O)[nH]c1=O)NCCNc1nc2nc[nH]c2c(=O)[nH]1. The molecule has 4 heterocycles. The van der Waals surface area contributed by atoms with Crippen molar-refractivity contribution in [1.82, 2.24) is 34.8 Å². The van der Waals surface area contributed by atoms with Crippen LogP contribution in [0.4, 0.5) is 5.95 Å². The van der Waals surface area contributed by atoms with Crippen molar-refractivity contribution < 1.29 is 19.7 Å². The molecular formula is C19H22N8O7. The van der Waals surface area contributed by atoms with Gasteiger partial charge in [-0.25, -0.2) is 9.78 Å². The molecule has 0 bridgehead atoms. The van der Waals surface area contributed by atoms with Gasteiger partial charge in [0, 0.05) is 31.8 Å². The van der Waals surface area contributed by atoms with Crippen LogP contribution in [-0.4, -0.2) is 77.5 Å². The lowest BCUT2D eigenvalue weighted by Crippen LogP contribution is -2.33. The minimum absolute atomic E-state index is 0.0208. The molecule has 1 aliphatic heterocycles. The monoisotopic (exact) mass is 474 g/mol. The first-order valence-electron chi connectivity index (χ1n) is 10.3. The van der Waals surface area contributed by atoms with Crippen LogP contribution in [0.2, 0.25) is 0 Å². The average Bonchev–Trinajstić information content (AvgIpc) is 3.42. The molecule has 180 valence electrons. The van der Waals surface area contributed by atoms with Crippen molar-refractivity contribution in [3.63, 3.8) is 0 Å². The lowest BCUT2D eigenvalue weighted by Gasteiger charge is -2.14. The number of aromatic amines is 3. The van der Waals surface area contributed by atoms with Gasteiger partial charge in [-0.15, -0.1) is 0 Å². The first-order valence-corrected chi connectivity index (χ1v) is 10.3. The zero-order valence-corrected chi connectivity index (χ0v) is 17.6. The van der Waals surface area contributed by atoms with E-state index in [1.165, 1.54) is 18.6 Å². The topological polar surface area (TPSA) is 220 Å². The zero-order chi connectivity index (χ0) is 24.2. The molecule has 1 fully saturated rings. The van der Waals surface area contributed by atoms with Crippen LogP contribution in [0, 0.1) is 0 Å². The van der Waals surface area contributed by atoms with Crippen LogP contribution in [0.15, 0.2) is 33.0 Å². The first kappa shape index (κ1) is 23.1. The van der Waals surface area contributed by atoms with Gasteiger partial charge in [0.2, 0.25) is 11.9 Å². The number of amides is 1. The lowest BCUT2D eigenvalue weighted by molar-refractivity contribution is -0.116. The Kier molecular flexibility index (Phi) is 6.67. The van der Waals surface area contributed by atoms with E-state index in [0.29, 0.717) is 0 Å². The molecule has 1 amide bonds. The van der Waals surface area contributed by atoms with Gasteiger partial charge in [-0.05, 0) is 6.08 Å². The maximum Gasteiger partial charge on any atom is 0.330 e. The van der Waals surface area contributed by atoms with E-state index in [1.54, 1.807) is 0 Å². The van der Waals surface area contributed by atoms with Gasteiger partial charge in [0.1, 0.15) is 12.3 Å². The van der Waals surface area contributed by atoms with Crippen molar-refractivity contribution in [3.8, 4) is 0 Å². The molecule has 3 atom stereocenters. The third-order valence-electron chi connectivity index (χ3n) is 5.12. The minimum atomic E-state index is -0.957. The molecule has 0 radical (unpaired) electrons.